The maximum absolute atomic E-state index is 11.6. The van der Waals surface area contributed by atoms with Gasteiger partial charge in [-0.05, 0) is 13.3 Å². The van der Waals surface area contributed by atoms with E-state index in [1.165, 1.54) is 11.3 Å². The molecule has 0 aliphatic rings. The van der Waals surface area contributed by atoms with Crippen LogP contribution in [-0.2, 0) is 4.79 Å². The Bertz CT molecular complexity index is 419. The monoisotopic (exact) mass is 271 g/mol. The predicted molar refractivity (Wildman–Crippen MR) is 70.0 cm³/mol. The van der Waals surface area contributed by atoms with E-state index >= 15 is 0 Å². The lowest BCUT2D eigenvalue weighted by Gasteiger charge is -2.13. The molecule has 3 N–H and O–H groups in total. The first-order valence-corrected chi connectivity index (χ1v) is 6.63. The maximum atomic E-state index is 11.6. The number of aromatic nitrogens is 1. The number of nitrogens with zero attached hydrogens (tertiary/aromatic N) is 1. The molecule has 1 aromatic heterocycles. The number of carbonyl (C=O) groups is 2. The van der Waals surface area contributed by atoms with Gasteiger partial charge in [-0.1, -0.05) is 19.8 Å². The summed E-state index contributed by atoms with van der Waals surface area (Å²) < 4.78 is 0. The zero-order valence-corrected chi connectivity index (χ0v) is 11.2. The highest BCUT2D eigenvalue weighted by Crippen LogP contribution is 2.14. The molecule has 6 nitrogen and oxygen atoms in total. The Balaban J connectivity index is 2.48. The number of anilines is 1. The van der Waals surface area contributed by atoms with Crippen LogP contribution in [0.5, 0.6) is 0 Å². The summed E-state index contributed by atoms with van der Waals surface area (Å²) in [7, 11) is 0. The SMILES string of the molecule is CCCCC(NC(=O)Nc1nc(C)cs1)C(=O)O. The number of carbonyl (C=O) groups excluding carboxylic acids is 1. The molecule has 0 aliphatic carbocycles. The van der Waals surface area contributed by atoms with Crippen molar-refractivity contribution in [3.05, 3.63) is 11.1 Å². The Morgan fingerprint density at radius 1 is 1.56 bits per heavy atom. The summed E-state index contributed by atoms with van der Waals surface area (Å²) in [6.07, 6.45) is 2.07. The molecule has 0 fully saturated rings. The van der Waals surface area contributed by atoms with Gasteiger partial charge >= 0.3 is 12.0 Å². The first-order chi connectivity index (χ1) is 8.52. The standard InChI is InChI=1S/C11H17N3O3S/c1-3-4-5-8(9(15)16)13-10(17)14-11-12-7(2)6-18-11/h6,8H,3-5H2,1-2H3,(H,15,16)(H2,12,13,14,17). The van der Waals surface area contributed by atoms with E-state index < -0.39 is 18.0 Å². The van der Waals surface area contributed by atoms with Gasteiger partial charge in [0.05, 0.1) is 5.69 Å². The molecule has 18 heavy (non-hydrogen) atoms. The van der Waals surface area contributed by atoms with E-state index in [2.05, 4.69) is 15.6 Å². The second kappa shape index (κ2) is 6.95. The normalized spacial score (nSPS) is 11.9. The van der Waals surface area contributed by atoms with Crippen molar-refractivity contribution in [1.29, 1.82) is 0 Å². The minimum Gasteiger partial charge on any atom is -0.480 e. The van der Waals surface area contributed by atoms with Gasteiger partial charge in [-0.25, -0.2) is 14.6 Å². The van der Waals surface area contributed by atoms with Crippen molar-refractivity contribution < 1.29 is 14.7 Å². The van der Waals surface area contributed by atoms with Crippen LogP contribution in [0, 0.1) is 6.92 Å². The van der Waals surface area contributed by atoms with E-state index in [9.17, 15) is 9.59 Å². The molecule has 7 heteroatoms. The summed E-state index contributed by atoms with van der Waals surface area (Å²) in [5.41, 5.74) is 0.816. The van der Waals surface area contributed by atoms with E-state index in [1.54, 1.807) is 5.38 Å². The molecule has 2 amide bonds. The second-order valence-electron chi connectivity index (χ2n) is 3.93. The molecule has 0 spiro atoms. The molecule has 0 saturated heterocycles. The summed E-state index contributed by atoms with van der Waals surface area (Å²) in [4.78, 5) is 26.6. The summed E-state index contributed by atoms with van der Waals surface area (Å²) in [5, 5.41) is 16.2. The fourth-order valence-corrected chi connectivity index (χ4v) is 2.05. The van der Waals surface area contributed by atoms with Crippen molar-refractivity contribution >= 4 is 28.5 Å². The lowest BCUT2D eigenvalue weighted by Crippen LogP contribution is -2.42. The molecular formula is C11H17N3O3S. The van der Waals surface area contributed by atoms with E-state index in [0.29, 0.717) is 11.6 Å². The summed E-state index contributed by atoms with van der Waals surface area (Å²) in [6, 6.07) is -1.39. The van der Waals surface area contributed by atoms with Gasteiger partial charge < -0.3 is 10.4 Å². The van der Waals surface area contributed by atoms with Crippen molar-refractivity contribution in [2.24, 2.45) is 0 Å². The van der Waals surface area contributed by atoms with Gasteiger partial charge in [0.25, 0.3) is 0 Å². The molecule has 100 valence electrons. The van der Waals surface area contributed by atoms with Gasteiger partial charge in [-0.3, -0.25) is 5.32 Å². The van der Waals surface area contributed by atoms with E-state index in [4.69, 9.17) is 5.11 Å². The lowest BCUT2D eigenvalue weighted by atomic mass is 10.1. The molecule has 0 bridgehead atoms. The molecule has 1 aromatic rings. The van der Waals surface area contributed by atoms with Gasteiger partial charge in [0.15, 0.2) is 5.13 Å². The average molecular weight is 271 g/mol. The largest absolute Gasteiger partial charge is 0.480 e. The van der Waals surface area contributed by atoms with Crippen LogP contribution in [0.4, 0.5) is 9.93 Å². The van der Waals surface area contributed by atoms with Gasteiger partial charge in [0, 0.05) is 5.38 Å². The molecule has 0 radical (unpaired) electrons. The molecule has 0 aromatic carbocycles. The Hall–Kier alpha value is -1.63. The molecule has 0 aliphatic heterocycles. The van der Waals surface area contributed by atoms with Crippen LogP contribution >= 0.6 is 11.3 Å². The van der Waals surface area contributed by atoms with Gasteiger partial charge in [0.2, 0.25) is 0 Å². The topological polar surface area (TPSA) is 91.3 Å². The molecule has 1 heterocycles. The number of amides is 2. The van der Waals surface area contributed by atoms with Crippen molar-refractivity contribution in [2.45, 2.75) is 39.2 Å². The number of aliphatic carboxylic acids is 1. The lowest BCUT2D eigenvalue weighted by molar-refractivity contribution is -0.139. The van der Waals surface area contributed by atoms with Crippen LogP contribution in [0.1, 0.15) is 31.9 Å². The quantitative estimate of drug-likeness (QED) is 0.739. The average Bonchev–Trinajstić information content (AvgIpc) is 2.69. The third-order valence-electron chi connectivity index (χ3n) is 2.29. The maximum Gasteiger partial charge on any atom is 0.326 e. The minimum absolute atomic E-state index is 0.427. The highest BCUT2D eigenvalue weighted by molar-refractivity contribution is 7.13. The number of carboxylic acid groups (broad SMARTS) is 1. The molecule has 0 saturated carbocycles. The fourth-order valence-electron chi connectivity index (χ4n) is 1.37. The fraction of sp³-hybridized carbons (Fsp3) is 0.545. The highest BCUT2D eigenvalue weighted by atomic mass is 32.1. The van der Waals surface area contributed by atoms with Crippen LogP contribution in [-0.4, -0.2) is 28.1 Å². The number of thiazole rings is 1. The minimum atomic E-state index is -1.02. The number of carboxylic acids is 1. The Morgan fingerprint density at radius 3 is 2.78 bits per heavy atom. The summed E-state index contributed by atoms with van der Waals surface area (Å²) in [6.45, 7) is 3.79. The summed E-state index contributed by atoms with van der Waals surface area (Å²) >= 11 is 1.30. The van der Waals surface area contributed by atoms with Crippen molar-refractivity contribution in [3.63, 3.8) is 0 Å². The third kappa shape index (κ3) is 4.70. The molecule has 1 rings (SSSR count). The number of aryl methyl sites for hydroxylation is 1. The second-order valence-corrected chi connectivity index (χ2v) is 4.78. The zero-order chi connectivity index (χ0) is 13.5. The first-order valence-electron chi connectivity index (χ1n) is 5.75. The summed E-state index contributed by atoms with van der Waals surface area (Å²) in [5.74, 6) is -1.02. The van der Waals surface area contributed by atoms with E-state index in [-0.39, 0.29) is 0 Å². The third-order valence-corrected chi connectivity index (χ3v) is 3.16. The Morgan fingerprint density at radius 2 is 2.28 bits per heavy atom. The van der Waals surface area contributed by atoms with Gasteiger partial charge in [-0.2, -0.15) is 0 Å². The Kier molecular flexibility index (Phi) is 5.57. The van der Waals surface area contributed by atoms with Crippen LogP contribution in [0.2, 0.25) is 0 Å². The van der Waals surface area contributed by atoms with Gasteiger partial charge in [-0.15, -0.1) is 11.3 Å². The number of hydrogen-bond acceptors (Lipinski definition) is 4. The number of urea groups is 1. The van der Waals surface area contributed by atoms with Crippen molar-refractivity contribution in [3.8, 4) is 0 Å². The van der Waals surface area contributed by atoms with E-state index in [0.717, 1.165) is 18.5 Å². The van der Waals surface area contributed by atoms with Crippen LogP contribution < -0.4 is 10.6 Å². The first kappa shape index (κ1) is 14.4. The predicted octanol–water partition coefficient (Wildman–Crippen LogP) is 2.22. The highest BCUT2D eigenvalue weighted by Gasteiger charge is 2.19. The van der Waals surface area contributed by atoms with E-state index in [1.807, 2.05) is 13.8 Å². The molecule has 1 unspecified atom stereocenters. The zero-order valence-electron chi connectivity index (χ0n) is 10.4. The molecular weight excluding hydrogens is 254 g/mol. The Labute approximate surface area is 109 Å². The number of hydrogen-bond donors (Lipinski definition) is 3. The van der Waals surface area contributed by atoms with Crippen molar-refractivity contribution in [2.75, 3.05) is 5.32 Å². The molecule has 1 atom stereocenters. The van der Waals surface area contributed by atoms with Crippen LogP contribution in [0.25, 0.3) is 0 Å². The van der Waals surface area contributed by atoms with Crippen LogP contribution in [0.3, 0.4) is 0 Å². The number of unbranched alkanes of at least 4 members (excludes halogenated alkanes) is 1. The van der Waals surface area contributed by atoms with Crippen molar-refractivity contribution in [1.82, 2.24) is 10.3 Å². The number of nitrogens with one attached hydrogen (secondary N) is 2. The smallest absolute Gasteiger partial charge is 0.326 e. The number of rotatable bonds is 6. The van der Waals surface area contributed by atoms with Crippen LogP contribution in [0.15, 0.2) is 5.38 Å². The van der Waals surface area contributed by atoms with Gasteiger partial charge in [0.1, 0.15) is 6.04 Å².